The van der Waals surface area contributed by atoms with E-state index < -0.39 is 53.6 Å². The number of para-hydroxylation sites is 1. The zero-order valence-electron chi connectivity index (χ0n) is 15.1. The van der Waals surface area contributed by atoms with Gasteiger partial charge in [-0.15, -0.1) is 0 Å². The summed E-state index contributed by atoms with van der Waals surface area (Å²) in [7, 11) is 0. The average Bonchev–Trinajstić information content (AvgIpc) is 2.67. The van der Waals surface area contributed by atoms with Crippen LogP contribution in [0.2, 0.25) is 0 Å². The number of aliphatic hydroxyl groups is 2. The third-order valence-corrected chi connectivity index (χ3v) is 4.04. The number of halogens is 2. The lowest BCUT2D eigenvalue weighted by atomic mass is 10.0. The first-order valence-corrected chi connectivity index (χ1v) is 8.28. The van der Waals surface area contributed by atoms with Gasteiger partial charge < -0.3 is 25.4 Å². The second-order valence-corrected chi connectivity index (χ2v) is 5.99. The van der Waals surface area contributed by atoms with Crippen LogP contribution < -0.4 is 10.1 Å². The molecule has 1 unspecified atom stereocenters. The Hall–Kier alpha value is -3.31. The maximum Gasteiger partial charge on any atom is 0.337 e. The second kappa shape index (κ2) is 9.26. The van der Waals surface area contributed by atoms with Crippen molar-refractivity contribution in [2.75, 3.05) is 18.5 Å². The van der Waals surface area contributed by atoms with Gasteiger partial charge >= 0.3 is 11.7 Å². The summed E-state index contributed by atoms with van der Waals surface area (Å²) < 4.78 is 32.5. The number of aromatic carboxylic acids is 1. The molecule has 0 aliphatic rings. The normalized spacial score (nSPS) is 11.9. The Bertz CT molecular complexity index is 921. The lowest BCUT2D eigenvalue weighted by molar-refractivity contribution is -0.386. The van der Waals surface area contributed by atoms with Crippen molar-refractivity contribution in [3.63, 3.8) is 0 Å². The molecular formula is C18H18F2N2O7. The van der Waals surface area contributed by atoms with Gasteiger partial charge in [-0.3, -0.25) is 10.1 Å². The average molecular weight is 412 g/mol. The van der Waals surface area contributed by atoms with Crippen molar-refractivity contribution in [1.82, 2.24) is 0 Å². The molecule has 0 bridgehead atoms. The molecule has 0 spiro atoms. The molecule has 0 aromatic heterocycles. The predicted molar refractivity (Wildman–Crippen MR) is 98.1 cm³/mol. The maximum absolute atomic E-state index is 13.7. The molecule has 0 heterocycles. The molecule has 0 radical (unpaired) electrons. The molecule has 11 heteroatoms. The van der Waals surface area contributed by atoms with E-state index in [9.17, 15) is 33.9 Å². The van der Waals surface area contributed by atoms with Gasteiger partial charge in [0, 0.05) is 11.8 Å². The van der Waals surface area contributed by atoms with E-state index in [1.54, 1.807) is 0 Å². The van der Waals surface area contributed by atoms with Crippen molar-refractivity contribution in [2.24, 2.45) is 0 Å². The van der Waals surface area contributed by atoms with E-state index in [1.165, 1.54) is 31.2 Å². The minimum atomic E-state index is -3.16. The van der Waals surface area contributed by atoms with Crippen LogP contribution in [-0.4, -0.2) is 45.5 Å². The van der Waals surface area contributed by atoms with Gasteiger partial charge in [0.2, 0.25) is 5.75 Å². The van der Waals surface area contributed by atoms with Crippen LogP contribution in [0, 0.1) is 17.0 Å². The van der Waals surface area contributed by atoms with Gasteiger partial charge in [0.1, 0.15) is 12.7 Å². The summed E-state index contributed by atoms with van der Waals surface area (Å²) in [6, 6.07) is 6.60. The molecule has 0 amide bonds. The Morgan fingerprint density at radius 3 is 2.52 bits per heavy atom. The molecule has 2 aromatic carbocycles. The van der Waals surface area contributed by atoms with Crippen LogP contribution >= 0.6 is 0 Å². The first kappa shape index (κ1) is 22.0. The number of nitro benzene ring substituents is 1. The number of carboxylic acids is 1. The fourth-order valence-electron chi connectivity index (χ4n) is 2.60. The van der Waals surface area contributed by atoms with Crippen molar-refractivity contribution in [2.45, 2.75) is 19.5 Å². The first-order valence-electron chi connectivity index (χ1n) is 8.28. The summed E-state index contributed by atoms with van der Waals surface area (Å²) in [5.41, 5.74) is -1.87. The monoisotopic (exact) mass is 412 g/mol. The molecular weight excluding hydrogens is 394 g/mol. The van der Waals surface area contributed by atoms with Gasteiger partial charge in [-0.05, 0) is 24.6 Å². The summed E-state index contributed by atoms with van der Waals surface area (Å²) in [5, 5.41) is 41.6. The van der Waals surface area contributed by atoms with Crippen LogP contribution in [0.4, 0.5) is 25.8 Å². The van der Waals surface area contributed by atoms with Crippen LogP contribution in [0.3, 0.4) is 0 Å². The number of anilines is 2. The maximum atomic E-state index is 13.7. The summed E-state index contributed by atoms with van der Waals surface area (Å²) in [4.78, 5) is 21.9. The molecule has 0 fully saturated rings. The second-order valence-electron chi connectivity index (χ2n) is 5.99. The number of aliphatic hydroxyl groups excluding tert-OH is 2. The van der Waals surface area contributed by atoms with E-state index >= 15 is 0 Å². The quantitative estimate of drug-likeness (QED) is 0.364. The van der Waals surface area contributed by atoms with E-state index in [1.807, 2.05) is 0 Å². The number of carboxylic acid groups (broad SMARTS) is 1. The summed E-state index contributed by atoms with van der Waals surface area (Å²) in [6.45, 7) is -0.0835. The largest absolute Gasteiger partial charge is 0.484 e. The molecule has 9 nitrogen and oxygen atoms in total. The molecule has 0 aliphatic carbocycles. The Labute approximate surface area is 163 Å². The summed E-state index contributed by atoms with van der Waals surface area (Å²) in [6.07, 6.45) is -4.58. The van der Waals surface area contributed by atoms with Gasteiger partial charge in [-0.2, -0.15) is 0 Å². The highest BCUT2D eigenvalue weighted by molar-refractivity contribution is 5.95. The zero-order chi connectivity index (χ0) is 21.7. The summed E-state index contributed by atoms with van der Waals surface area (Å²) in [5.74, 6) is -2.00. The van der Waals surface area contributed by atoms with E-state index in [2.05, 4.69) is 5.32 Å². The molecule has 0 saturated carbocycles. The highest BCUT2D eigenvalue weighted by Crippen LogP contribution is 2.43. The van der Waals surface area contributed by atoms with Crippen LogP contribution in [0.15, 0.2) is 30.3 Å². The fraction of sp³-hybridized carbons (Fsp3) is 0.278. The molecule has 156 valence electrons. The standard InChI is InChI=1S/C18H18F2N2O7/c1-9-13(21-12-5-3-2-4-11(12)18(25)26)6-14(22(27)28)16(15(9)17(19)20)29-8-10(24)7-23/h2-6,10,17,21,23-24H,7-8H2,1H3,(H,25,26). The summed E-state index contributed by atoms with van der Waals surface area (Å²) >= 11 is 0. The highest BCUT2D eigenvalue weighted by Gasteiger charge is 2.30. The molecule has 0 saturated heterocycles. The Kier molecular flexibility index (Phi) is 7.02. The highest BCUT2D eigenvalue weighted by atomic mass is 19.3. The van der Waals surface area contributed by atoms with Gasteiger partial charge in [0.05, 0.1) is 28.3 Å². The Morgan fingerprint density at radius 2 is 1.97 bits per heavy atom. The smallest absolute Gasteiger partial charge is 0.337 e. The van der Waals surface area contributed by atoms with Gasteiger partial charge in [0.25, 0.3) is 6.43 Å². The number of carbonyl (C=O) groups is 1. The minimum absolute atomic E-state index is 0.0574. The minimum Gasteiger partial charge on any atom is -0.484 e. The van der Waals surface area contributed by atoms with E-state index in [0.29, 0.717) is 0 Å². The SMILES string of the molecule is Cc1c(Nc2ccccc2C(=O)O)cc([N+](=O)[O-])c(OCC(O)CO)c1C(F)F. The van der Waals surface area contributed by atoms with Crippen LogP contribution in [0.5, 0.6) is 5.75 Å². The fourth-order valence-corrected chi connectivity index (χ4v) is 2.60. The van der Waals surface area contributed by atoms with Crippen molar-refractivity contribution in [3.8, 4) is 5.75 Å². The van der Waals surface area contributed by atoms with Crippen molar-refractivity contribution in [3.05, 3.63) is 57.1 Å². The number of benzene rings is 2. The first-order chi connectivity index (χ1) is 13.7. The van der Waals surface area contributed by atoms with Crippen LogP contribution in [-0.2, 0) is 0 Å². The number of hydrogen-bond donors (Lipinski definition) is 4. The third-order valence-electron chi connectivity index (χ3n) is 4.04. The number of alkyl halides is 2. The van der Waals surface area contributed by atoms with Crippen molar-refractivity contribution < 1.29 is 38.6 Å². The van der Waals surface area contributed by atoms with Gasteiger partial charge in [-0.1, -0.05) is 12.1 Å². The molecule has 2 aromatic rings. The van der Waals surface area contributed by atoms with Crippen LogP contribution in [0.1, 0.15) is 27.9 Å². The van der Waals surface area contributed by atoms with Crippen molar-refractivity contribution >= 4 is 23.0 Å². The van der Waals surface area contributed by atoms with E-state index in [0.717, 1.165) is 6.07 Å². The third kappa shape index (κ3) is 4.95. The zero-order valence-corrected chi connectivity index (χ0v) is 15.1. The number of nitrogens with zero attached hydrogens (tertiary/aromatic N) is 1. The number of ether oxygens (including phenoxy) is 1. The predicted octanol–water partition coefficient (Wildman–Crippen LogP) is 3.01. The molecule has 29 heavy (non-hydrogen) atoms. The number of nitrogens with one attached hydrogen (secondary N) is 1. The molecule has 4 N–H and O–H groups in total. The van der Waals surface area contributed by atoms with Gasteiger partial charge in [-0.25, -0.2) is 13.6 Å². The Balaban J connectivity index is 2.61. The molecule has 2 rings (SSSR count). The number of nitro groups is 1. The lowest BCUT2D eigenvalue weighted by Crippen LogP contribution is -2.22. The Morgan fingerprint density at radius 1 is 1.31 bits per heavy atom. The van der Waals surface area contributed by atoms with Gasteiger partial charge in [0.15, 0.2) is 0 Å². The molecule has 0 aliphatic heterocycles. The number of rotatable bonds is 9. The van der Waals surface area contributed by atoms with Crippen molar-refractivity contribution in [1.29, 1.82) is 0 Å². The van der Waals surface area contributed by atoms with E-state index in [4.69, 9.17) is 9.84 Å². The lowest BCUT2D eigenvalue weighted by Gasteiger charge is -2.19. The number of hydrogen-bond acceptors (Lipinski definition) is 7. The van der Waals surface area contributed by atoms with E-state index in [-0.39, 0.29) is 22.5 Å². The molecule has 1 atom stereocenters. The van der Waals surface area contributed by atoms with Crippen LogP contribution in [0.25, 0.3) is 0 Å². The topological polar surface area (TPSA) is 142 Å².